The quantitative estimate of drug-likeness (QED) is 0.244. The zero-order chi connectivity index (χ0) is 28.4. The summed E-state index contributed by atoms with van der Waals surface area (Å²) in [7, 11) is 1.13. The van der Waals surface area contributed by atoms with E-state index in [1.54, 1.807) is 14.2 Å². The molecule has 0 amide bonds. The maximum atomic E-state index is 13.4. The number of hydrogen-bond donors (Lipinski definition) is 1. The summed E-state index contributed by atoms with van der Waals surface area (Å²) in [5.41, 5.74) is 3.72. The number of cyclic esters (lactones) is 1. The number of hydrogen-bond acceptors (Lipinski definition) is 6. The number of morpholine rings is 1. The lowest BCUT2D eigenvalue weighted by Crippen LogP contribution is -2.49. The predicted molar refractivity (Wildman–Crippen MR) is 157 cm³/mol. The second-order valence-electron chi connectivity index (χ2n) is 11.7. The number of ether oxygens (including phenoxy) is 3. The highest BCUT2D eigenvalue weighted by molar-refractivity contribution is 6.74. The monoisotopic (exact) mass is 547 g/mol. The first-order valence-electron chi connectivity index (χ1n) is 13.5. The van der Waals surface area contributed by atoms with E-state index in [0.29, 0.717) is 23.7 Å². The van der Waals surface area contributed by atoms with Crippen LogP contribution in [0, 0.1) is 6.92 Å². The molecule has 3 aromatic rings. The molecule has 3 atom stereocenters. The minimum absolute atomic E-state index is 0.0100. The lowest BCUT2D eigenvalue weighted by atomic mass is 9.91. The molecule has 0 aromatic heterocycles. The minimum Gasteiger partial charge on any atom is -0.541 e. The normalized spacial score (nSPS) is 19.8. The molecular weight excluding hydrogens is 506 g/mol. The van der Waals surface area contributed by atoms with Crippen LogP contribution in [0.5, 0.6) is 17.2 Å². The first-order chi connectivity index (χ1) is 18.5. The van der Waals surface area contributed by atoms with E-state index in [-0.39, 0.29) is 17.0 Å². The summed E-state index contributed by atoms with van der Waals surface area (Å²) in [6.45, 7) is 13.0. The fraction of sp³-hybridized carbons (Fsp3) is 0.406. The van der Waals surface area contributed by atoms with Gasteiger partial charge in [-0.25, -0.2) is 0 Å². The van der Waals surface area contributed by atoms with Crippen molar-refractivity contribution in [3.63, 3.8) is 0 Å². The average Bonchev–Trinajstić information content (AvgIpc) is 2.90. The van der Waals surface area contributed by atoms with Gasteiger partial charge in [0, 0.05) is 17.5 Å². The zero-order valence-corrected chi connectivity index (χ0v) is 25.3. The van der Waals surface area contributed by atoms with Crippen molar-refractivity contribution < 1.29 is 23.4 Å². The molecule has 3 aromatic carbocycles. The average molecular weight is 548 g/mol. The largest absolute Gasteiger partial charge is 0.541 e. The van der Waals surface area contributed by atoms with E-state index < -0.39 is 20.5 Å². The maximum absolute atomic E-state index is 13.4. The molecular formula is C32H41NO5Si. The van der Waals surface area contributed by atoms with Gasteiger partial charge in [0.2, 0.25) is 0 Å². The van der Waals surface area contributed by atoms with Crippen molar-refractivity contribution in [1.82, 2.24) is 5.32 Å². The Balaban J connectivity index is 1.71. The molecule has 0 aliphatic carbocycles. The van der Waals surface area contributed by atoms with E-state index in [1.807, 2.05) is 61.5 Å². The molecule has 1 fully saturated rings. The zero-order valence-electron chi connectivity index (χ0n) is 24.3. The predicted octanol–water partition coefficient (Wildman–Crippen LogP) is 6.94. The Morgan fingerprint density at radius 3 is 2.00 bits per heavy atom. The molecule has 0 radical (unpaired) electrons. The van der Waals surface area contributed by atoms with E-state index in [1.165, 1.54) is 0 Å². The third-order valence-corrected chi connectivity index (χ3v) is 12.3. The maximum Gasteiger partial charge on any atom is 0.324 e. The van der Waals surface area contributed by atoms with Crippen molar-refractivity contribution in [3.05, 3.63) is 89.0 Å². The molecule has 0 saturated carbocycles. The lowest BCUT2D eigenvalue weighted by molar-refractivity contribution is -0.160. The van der Waals surface area contributed by atoms with Gasteiger partial charge in [-0.05, 0) is 42.2 Å². The highest BCUT2D eigenvalue weighted by atomic mass is 28.4. The van der Waals surface area contributed by atoms with E-state index in [4.69, 9.17) is 18.6 Å². The first-order valence-corrected chi connectivity index (χ1v) is 16.4. The van der Waals surface area contributed by atoms with E-state index in [0.717, 1.165) is 22.3 Å². The molecule has 0 unspecified atom stereocenters. The van der Waals surface area contributed by atoms with Gasteiger partial charge in [-0.1, -0.05) is 81.4 Å². The Bertz CT molecular complexity index is 1290. The summed E-state index contributed by atoms with van der Waals surface area (Å²) in [4.78, 5) is 13.4. The molecule has 7 heteroatoms. The molecule has 1 aliphatic rings. The molecule has 1 aliphatic heterocycles. The van der Waals surface area contributed by atoms with Crippen molar-refractivity contribution >= 4 is 14.3 Å². The number of carbonyl (C=O) groups excluding carboxylic acids is 1. The van der Waals surface area contributed by atoms with Gasteiger partial charge in [0.15, 0.2) is 5.75 Å². The second kappa shape index (κ2) is 11.4. The highest BCUT2D eigenvalue weighted by Gasteiger charge is 2.41. The topological polar surface area (TPSA) is 66.0 Å². The summed E-state index contributed by atoms with van der Waals surface area (Å²) in [5, 5.41) is 3.62. The van der Waals surface area contributed by atoms with Crippen LogP contribution in [0.3, 0.4) is 0 Å². The number of carbonyl (C=O) groups is 1. The van der Waals surface area contributed by atoms with Crippen LogP contribution in [0.25, 0.3) is 0 Å². The van der Waals surface area contributed by atoms with Crippen LogP contribution in [-0.4, -0.2) is 34.5 Å². The van der Waals surface area contributed by atoms with Gasteiger partial charge in [-0.3, -0.25) is 10.1 Å². The van der Waals surface area contributed by atoms with Gasteiger partial charge < -0.3 is 18.6 Å². The summed E-state index contributed by atoms with van der Waals surface area (Å²) < 4.78 is 24.5. The molecule has 4 rings (SSSR count). The lowest BCUT2D eigenvalue weighted by Gasteiger charge is -2.38. The van der Waals surface area contributed by atoms with E-state index in [2.05, 4.69) is 51.3 Å². The number of nitrogens with one attached hydrogen (secondary N) is 1. The Labute approximate surface area is 233 Å². The van der Waals surface area contributed by atoms with Gasteiger partial charge in [0.1, 0.15) is 23.6 Å². The smallest absolute Gasteiger partial charge is 0.324 e. The number of rotatable bonds is 8. The van der Waals surface area contributed by atoms with Crippen LogP contribution < -0.4 is 19.2 Å². The highest BCUT2D eigenvalue weighted by Crippen LogP contribution is 2.45. The number of methoxy groups -OCH3 is 2. The van der Waals surface area contributed by atoms with Crippen LogP contribution in [0.1, 0.15) is 55.2 Å². The Morgan fingerprint density at radius 1 is 0.897 bits per heavy atom. The fourth-order valence-electron chi connectivity index (χ4n) is 4.86. The first kappa shape index (κ1) is 28.7. The summed E-state index contributed by atoms with van der Waals surface area (Å²) in [6.07, 6.45) is -0.0553. The summed E-state index contributed by atoms with van der Waals surface area (Å²) in [5.74, 6) is 1.73. The standard InChI is InChI=1S/C32H41NO5Si/c1-21-28(35-5)24(20-26(29(21)36-6)38-39(7,8)32(2,3)4)19-25-31(34)37-30(23-17-13-10-14-18-23)27(33-25)22-15-11-9-12-16-22/h9-18,20,25,27,30,33H,19H2,1-8H3/t25-,27-,30+/m0/s1. The van der Waals surface area contributed by atoms with E-state index >= 15 is 0 Å². The van der Waals surface area contributed by atoms with Gasteiger partial charge in [-0.15, -0.1) is 0 Å². The summed E-state index contributed by atoms with van der Waals surface area (Å²) >= 11 is 0. The fourth-order valence-corrected chi connectivity index (χ4v) is 5.86. The van der Waals surface area contributed by atoms with Crippen LogP contribution >= 0.6 is 0 Å². The molecule has 0 bridgehead atoms. The molecule has 1 heterocycles. The van der Waals surface area contributed by atoms with Crippen molar-refractivity contribution in [1.29, 1.82) is 0 Å². The van der Waals surface area contributed by atoms with Crippen molar-refractivity contribution in [3.8, 4) is 17.2 Å². The van der Waals surface area contributed by atoms with Crippen LogP contribution in [0.2, 0.25) is 18.1 Å². The van der Waals surface area contributed by atoms with Crippen LogP contribution in [-0.2, 0) is 16.0 Å². The van der Waals surface area contributed by atoms with Gasteiger partial charge in [0.05, 0.1) is 20.3 Å². The van der Waals surface area contributed by atoms with Gasteiger partial charge in [-0.2, -0.15) is 0 Å². The van der Waals surface area contributed by atoms with Crippen molar-refractivity contribution in [2.45, 2.75) is 70.4 Å². The Hall–Kier alpha value is -3.29. The second-order valence-corrected chi connectivity index (χ2v) is 16.4. The molecule has 1 saturated heterocycles. The molecule has 39 heavy (non-hydrogen) atoms. The van der Waals surface area contributed by atoms with Gasteiger partial charge in [0.25, 0.3) is 8.32 Å². The summed E-state index contributed by atoms with van der Waals surface area (Å²) in [6, 6.07) is 21.2. The van der Waals surface area contributed by atoms with Gasteiger partial charge >= 0.3 is 5.97 Å². The Kier molecular flexibility index (Phi) is 8.42. The minimum atomic E-state index is -2.16. The van der Waals surface area contributed by atoms with Crippen LogP contribution in [0.15, 0.2) is 66.7 Å². The van der Waals surface area contributed by atoms with Crippen molar-refractivity contribution in [2.75, 3.05) is 14.2 Å². The molecule has 6 nitrogen and oxygen atoms in total. The third-order valence-electron chi connectivity index (χ3n) is 8.00. The molecule has 0 spiro atoms. The molecule has 208 valence electrons. The number of benzene rings is 3. The van der Waals surface area contributed by atoms with Crippen molar-refractivity contribution in [2.24, 2.45) is 0 Å². The van der Waals surface area contributed by atoms with E-state index in [9.17, 15) is 4.79 Å². The Morgan fingerprint density at radius 2 is 1.46 bits per heavy atom. The molecule has 1 N–H and O–H groups in total. The third kappa shape index (κ3) is 5.99. The SMILES string of the molecule is COc1c(C[C@@H]2N[C@@H](c3ccccc3)[C@@H](c3ccccc3)OC2=O)cc(O[Si](C)(C)C(C)(C)C)c(OC)c1C. The number of esters is 1. The van der Waals surface area contributed by atoms with Crippen LogP contribution in [0.4, 0.5) is 0 Å².